The van der Waals surface area contributed by atoms with Crippen molar-refractivity contribution in [2.45, 2.75) is 50.3 Å². The molecule has 1 aromatic heterocycles. The Morgan fingerprint density at radius 2 is 1.60 bits per heavy atom. The highest BCUT2D eigenvalue weighted by atomic mass is 19.4. The van der Waals surface area contributed by atoms with Crippen molar-refractivity contribution in [1.82, 2.24) is 9.88 Å². The molecule has 4 aromatic rings. The van der Waals surface area contributed by atoms with Crippen LogP contribution in [0.2, 0.25) is 0 Å². The van der Waals surface area contributed by atoms with E-state index in [0.717, 1.165) is 16.7 Å². The van der Waals surface area contributed by atoms with Crippen LogP contribution < -0.4 is 9.64 Å². The molecule has 1 N–H and O–H groups in total. The van der Waals surface area contributed by atoms with Crippen LogP contribution in [0, 0.1) is 6.92 Å². The molecule has 0 aliphatic carbocycles. The Labute approximate surface area is 282 Å². The molecule has 2 saturated heterocycles. The molecule has 3 aromatic carbocycles. The summed E-state index contributed by atoms with van der Waals surface area (Å²) in [6.07, 6.45) is -10.2. The molecule has 2 aliphatic rings. The molecule has 262 valence electrons. The van der Waals surface area contributed by atoms with Crippen molar-refractivity contribution in [2.75, 3.05) is 26.1 Å². The maximum absolute atomic E-state index is 13.7. The van der Waals surface area contributed by atoms with Crippen LogP contribution in [-0.2, 0) is 17.1 Å². The molecule has 0 bridgehead atoms. The first kappa shape index (κ1) is 34.6. The number of ether oxygens (including phenoxy) is 2. The summed E-state index contributed by atoms with van der Waals surface area (Å²) in [4.78, 5) is 32.8. The fraction of sp³-hybridized carbons (Fsp3) is 0.306. The number of alkyl halides is 6. The highest BCUT2D eigenvalue weighted by molar-refractivity contribution is 5.89. The second-order valence-electron chi connectivity index (χ2n) is 12.5. The number of nitrogens with zero attached hydrogens (tertiary/aromatic N) is 3. The van der Waals surface area contributed by atoms with E-state index in [1.807, 2.05) is 12.1 Å². The lowest BCUT2D eigenvalue weighted by molar-refractivity contribution is -0.143. The molecule has 2 fully saturated rings. The maximum Gasteiger partial charge on any atom is 0.416 e. The van der Waals surface area contributed by atoms with Gasteiger partial charge in [-0.15, -0.1) is 0 Å². The van der Waals surface area contributed by atoms with Gasteiger partial charge in [0, 0.05) is 31.4 Å². The number of hydrogen-bond donors (Lipinski definition) is 1. The van der Waals surface area contributed by atoms with Crippen molar-refractivity contribution in [2.24, 2.45) is 0 Å². The minimum atomic E-state index is -5.06. The number of aromatic nitrogens is 1. The summed E-state index contributed by atoms with van der Waals surface area (Å²) in [5, 5.41) is 9.43. The van der Waals surface area contributed by atoms with Crippen LogP contribution in [0.5, 0.6) is 5.75 Å². The number of carboxylic acid groups (broad SMARTS) is 1. The number of halogens is 6. The maximum atomic E-state index is 13.7. The van der Waals surface area contributed by atoms with Gasteiger partial charge >= 0.3 is 24.4 Å². The SMILES string of the molecule is COc1ccc(-c2ccc(C(=O)O)cc2C)cc1-c1cnc(N(C)C)cc1[C@@H]1CCC2[C@@H](c3cc(C(F)(F)F)cc(C(F)(F)F)c3)OC(=O)N21. The Bertz CT molecular complexity index is 1960. The third kappa shape index (κ3) is 6.29. The summed E-state index contributed by atoms with van der Waals surface area (Å²) >= 11 is 0. The number of carbonyl (C=O) groups is 2. The topological polar surface area (TPSA) is 92.2 Å². The summed E-state index contributed by atoms with van der Waals surface area (Å²) < 4.78 is 93.5. The van der Waals surface area contributed by atoms with Crippen LogP contribution in [0.1, 0.15) is 63.2 Å². The van der Waals surface area contributed by atoms with E-state index in [1.165, 1.54) is 18.1 Å². The average molecular weight is 700 g/mol. The molecule has 1 unspecified atom stereocenters. The number of amides is 1. The summed E-state index contributed by atoms with van der Waals surface area (Å²) in [5.41, 5.74) is 0.795. The number of pyridine rings is 1. The van der Waals surface area contributed by atoms with E-state index in [4.69, 9.17) is 9.47 Å². The Hall–Kier alpha value is -5.27. The number of benzene rings is 3. The molecule has 8 nitrogen and oxygen atoms in total. The first-order chi connectivity index (χ1) is 23.5. The van der Waals surface area contributed by atoms with Crippen molar-refractivity contribution in [1.29, 1.82) is 0 Å². The minimum Gasteiger partial charge on any atom is -0.496 e. The van der Waals surface area contributed by atoms with Crippen molar-refractivity contribution in [3.05, 3.63) is 100 Å². The first-order valence-corrected chi connectivity index (χ1v) is 15.5. The van der Waals surface area contributed by atoms with Crippen LogP contribution in [-0.4, -0.2) is 54.3 Å². The van der Waals surface area contributed by atoms with Crippen molar-refractivity contribution < 1.29 is 50.5 Å². The molecule has 50 heavy (non-hydrogen) atoms. The average Bonchev–Trinajstić information content (AvgIpc) is 3.64. The zero-order chi connectivity index (χ0) is 36.3. The van der Waals surface area contributed by atoms with Crippen molar-refractivity contribution in [3.8, 4) is 28.0 Å². The van der Waals surface area contributed by atoms with E-state index in [-0.39, 0.29) is 18.1 Å². The van der Waals surface area contributed by atoms with E-state index in [0.29, 0.717) is 46.8 Å². The molecular weight excluding hydrogens is 668 g/mol. The van der Waals surface area contributed by atoms with E-state index >= 15 is 0 Å². The number of methoxy groups -OCH3 is 1. The van der Waals surface area contributed by atoms with Crippen LogP contribution in [0.25, 0.3) is 22.3 Å². The summed E-state index contributed by atoms with van der Waals surface area (Å²) in [6, 6.07) is 11.7. The Balaban J connectivity index is 1.44. The number of aromatic carboxylic acids is 1. The van der Waals surface area contributed by atoms with Crippen molar-refractivity contribution in [3.63, 3.8) is 0 Å². The lowest BCUT2D eigenvalue weighted by Crippen LogP contribution is -2.31. The normalized spacial score (nSPS) is 19.0. The predicted octanol–water partition coefficient (Wildman–Crippen LogP) is 8.93. The Kier molecular flexibility index (Phi) is 8.69. The predicted molar refractivity (Wildman–Crippen MR) is 171 cm³/mol. The third-order valence-electron chi connectivity index (χ3n) is 9.17. The molecular formula is C36H31F6N3O5. The van der Waals surface area contributed by atoms with Crippen LogP contribution in [0.15, 0.2) is 66.9 Å². The van der Waals surface area contributed by atoms with E-state index in [2.05, 4.69) is 4.98 Å². The fourth-order valence-corrected chi connectivity index (χ4v) is 6.80. The summed E-state index contributed by atoms with van der Waals surface area (Å²) in [7, 11) is 5.05. The first-order valence-electron chi connectivity index (χ1n) is 15.5. The molecule has 0 radical (unpaired) electrons. The van der Waals surface area contributed by atoms with Crippen molar-refractivity contribution >= 4 is 17.9 Å². The van der Waals surface area contributed by atoms with Gasteiger partial charge in [0.05, 0.1) is 35.9 Å². The van der Waals surface area contributed by atoms with Gasteiger partial charge in [-0.1, -0.05) is 12.1 Å². The minimum absolute atomic E-state index is 0.0467. The molecule has 6 rings (SSSR count). The Morgan fingerprint density at radius 3 is 2.18 bits per heavy atom. The third-order valence-corrected chi connectivity index (χ3v) is 9.17. The lowest BCUT2D eigenvalue weighted by Gasteiger charge is -2.26. The molecule has 0 saturated carbocycles. The molecule has 3 atom stereocenters. The van der Waals surface area contributed by atoms with Gasteiger partial charge in [-0.05, 0) is 96.1 Å². The number of hydrogen-bond acceptors (Lipinski definition) is 6. The zero-order valence-corrected chi connectivity index (χ0v) is 27.2. The van der Waals surface area contributed by atoms with E-state index in [1.54, 1.807) is 56.4 Å². The van der Waals surface area contributed by atoms with Crippen LogP contribution >= 0.6 is 0 Å². The number of carbonyl (C=O) groups excluding carboxylic acids is 1. The number of carboxylic acids is 1. The fourth-order valence-electron chi connectivity index (χ4n) is 6.80. The molecule has 2 aliphatic heterocycles. The van der Waals surface area contributed by atoms with Gasteiger partial charge in [-0.3, -0.25) is 4.90 Å². The standard InChI is InChI=1S/C36H31F6N3O5/c1-18-11-20(33(46)47)5-7-24(18)19-6-10-30(49-4)26(14-19)27-17-43-31(44(2)3)16-25(27)28-8-9-29-32(50-34(48)45(28)29)21-12-22(35(37,38)39)15-23(13-21)36(40,41)42/h5-7,10-17,28-29,32H,8-9H2,1-4H3,(H,46,47)/t28-,29?,32+/m0/s1. The number of aryl methyl sites for hydroxylation is 1. The monoisotopic (exact) mass is 699 g/mol. The van der Waals surface area contributed by atoms with Gasteiger partial charge in [0.2, 0.25) is 0 Å². The number of anilines is 1. The van der Waals surface area contributed by atoms with Gasteiger partial charge in [0.15, 0.2) is 0 Å². The number of cyclic esters (lactones) is 1. The van der Waals surface area contributed by atoms with Crippen LogP contribution in [0.4, 0.5) is 37.0 Å². The quantitative estimate of drug-likeness (QED) is 0.193. The highest BCUT2D eigenvalue weighted by Gasteiger charge is 2.51. The van der Waals surface area contributed by atoms with Gasteiger partial charge in [-0.25, -0.2) is 14.6 Å². The molecule has 1 amide bonds. The molecule has 14 heteroatoms. The number of rotatable bonds is 7. The van der Waals surface area contributed by atoms with Gasteiger partial charge in [0.25, 0.3) is 0 Å². The van der Waals surface area contributed by atoms with Gasteiger partial charge < -0.3 is 19.5 Å². The Morgan fingerprint density at radius 1 is 0.920 bits per heavy atom. The number of fused-ring (bicyclic) bond motifs is 1. The molecule has 3 heterocycles. The smallest absolute Gasteiger partial charge is 0.416 e. The second-order valence-corrected chi connectivity index (χ2v) is 12.5. The lowest BCUT2D eigenvalue weighted by atomic mass is 9.91. The zero-order valence-electron chi connectivity index (χ0n) is 27.2. The molecule has 0 spiro atoms. The van der Waals surface area contributed by atoms with Gasteiger partial charge in [0.1, 0.15) is 17.7 Å². The largest absolute Gasteiger partial charge is 0.496 e. The highest BCUT2D eigenvalue weighted by Crippen LogP contribution is 2.51. The van der Waals surface area contributed by atoms with Gasteiger partial charge in [-0.2, -0.15) is 26.3 Å². The van der Waals surface area contributed by atoms with E-state index < -0.39 is 59.3 Å². The summed E-state index contributed by atoms with van der Waals surface area (Å²) in [5.74, 6) is -0.0494. The van der Waals surface area contributed by atoms with E-state index in [9.17, 15) is 41.0 Å². The van der Waals surface area contributed by atoms with Crippen LogP contribution in [0.3, 0.4) is 0 Å². The second kappa shape index (κ2) is 12.6. The summed E-state index contributed by atoms with van der Waals surface area (Å²) in [6.45, 7) is 1.79.